The maximum atomic E-state index is 5.95. The van der Waals surface area contributed by atoms with Crippen molar-refractivity contribution in [2.75, 3.05) is 13.1 Å². The zero-order chi connectivity index (χ0) is 11.5. The molecule has 2 nitrogen and oxygen atoms in total. The Labute approximate surface area is 95.2 Å². The third-order valence-electron chi connectivity index (χ3n) is 3.76. The van der Waals surface area contributed by atoms with Gasteiger partial charge in [-0.3, -0.25) is 4.90 Å². The van der Waals surface area contributed by atoms with Gasteiger partial charge in [-0.1, -0.05) is 27.7 Å². The summed E-state index contributed by atoms with van der Waals surface area (Å²) in [4.78, 5) is 2.71. The molecule has 0 spiro atoms. The molecule has 90 valence electrons. The summed E-state index contributed by atoms with van der Waals surface area (Å²) in [5, 5.41) is 0. The maximum absolute atomic E-state index is 5.95. The van der Waals surface area contributed by atoms with Gasteiger partial charge in [-0.2, -0.15) is 0 Å². The number of nitrogens with zero attached hydrogens (tertiary/aromatic N) is 1. The summed E-state index contributed by atoms with van der Waals surface area (Å²) in [6.07, 6.45) is 5.13. The highest BCUT2D eigenvalue weighted by molar-refractivity contribution is 5.06. The fourth-order valence-electron chi connectivity index (χ4n) is 2.61. The lowest BCUT2D eigenvalue weighted by atomic mass is 10.0. The Hall–Kier alpha value is -0.0800. The van der Waals surface area contributed by atoms with Gasteiger partial charge in [0.2, 0.25) is 0 Å². The SMILES string of the molecule is CCC(CC)N(CC(C)C)C1(CN)CC1. The van der Waals surface area contributed by atoms with Crippen LogP contribution < -0.4 is 5.73 Å². The van der Waals surface area contributed by atoms with Crippen molar-refractivity contribution in [3.05, 3.63) is 0 Å². The maximum Gasteiger partial charge on any atom is 0.0336 e. The summed E-state index contributed by atoms with van der Waals surface area (Å²) >= 11 is 0. The average Bonchev–Trinajstić information content (AvgIpc) is 2.98. The molecule has 1 fully saturated rings. The first-order valence-electron chi connectivity index (χ1n) is 6.56. The van der Waals surface area contributed by atoms with Crippen molar-refractivity contribution in [1.29, 1.82) is 0 Å². The Bertz CT molecular complexity index is 181. The van der Waals surface area contributed by atoms with Gasteiger partial charge in [-0.15, -0.1) is 0 Å². The molecule has 1 saturated carbocycles. The van der Waals surface area contributed by atoms with Crippen molar-refractivity contribution < 1.29 is 0 Å². The summed E-state index contributed by atoms with van der Waals surface area (Å²) in [6.45, 7) is 11.3. The molecule has 0 saturated heterocycles. The second-order valence-electron chi connectivity index (χ2n) is 5.44. The molecule has 1 aliphatic rings. The van der Waals surface area contributed by atoms with Crippen LogP contribution in [-0.4, -0.2) is 29.6 Å². The number of hydrogen-bond donors (Lipinski definition) is 1. The Kier molecular flexibility index (Phi) is 4.60. The van der Waals surface area contributed by atoms with Crippen LogP contribution in [0.3, 0.4) is 0 Å². The average molecular weight is 212 g/mol. The minimum absolute atomic E-state index is 0.376. The van der Waals surface area contributed by atoms with Crippen LogP contribution in [0.1, 0.15) is 53.4 Å². The fraction of sp³-hybridized carbons (Fsp3) is 1.00. The second kappa shape index (κ2) is 5.31. The van der Waals surface area contributed by atoms with Crippen LogP contribution in [0.15, 0.2) is 0 Å². The highest BCUT2D eigenvalue weighted by Gasteiger charge is 2.48. The molecule has 0 unspecified atom stereocenters. The van der Waals surface area contributed by atoms with E-state index in [4.69, 9.17) is 5.73 Å². The highest BCUT2D eigenvalue weighted by atomic mass is 15.3. The van der Waals surface area contributed by atoms with Crippen molar-refractivity contribution in [2.24, 2.45) is 11.7 Å². The summed E-state index contributed by atoms with van der Waals surface area (Å²) in [7, 11) is 0. The molecule has 0 aromatic carbocycles. The first kappa shape index (κ1) is 13.0. The van der Waals surface area contributed by atoms with Crippen LogP contribution in [0.5, 0.6) is 0 Å². The van der Waals surface area contributed by atoms with Gasteiger partial charge in [-0.05, 0) is 31.6 Å². The lowest BCUT2D eigenvalue weighted by Gasteiger charge is -2.38. The fourth-order valence-corrected chi connectivity index (χ4v) is 2.61. The lowest BCUT2D eigenvalue weighted by Crippen LogP contribution is -2.50. The third-order valence-corrected chi connectivity index (χ3v) is 3.76. The van der Waals surface area contributed by atoms with Gasteiger partial charge >= 0.3 is 0 Å². The first-order valence-corrected chi connectivity index (χ1v) is 6.56. The van der Waals surface area contributed by atoms with Crippen LogP contribution in [0.4, 0.5) is 0 Å². The van der Waals surface area contributed by atoms with Gasteiger partial charge in [0.25, 0.3) is 0 Å². The van der Waals surface area contributed by atoms with Crippen LogP contribution in [0.25, 0.3) is 0 Å². The van der Waals surface area contributed by atoms with E-state index in [9.17, 15) is 0 Å². The van der Waals surface area contributed by atoms with E-state index in [0.717, 1.165) is 18.5 Å². The molecule has 1 rings (SSSR count). The standard InChI is InChI=1S/C13H28N2/c1-5-12(6-2)15(9-11(3)4)13(10-14)7-8-13/h11-12H,5-10,14H2,1-4H3. The highest BCUT2D eigenvalue weighted by Crippen LogP contribution is 2.43. The lowest BCUT2D eigenvalue weighted by molar-refractivity contribution is 0.0973. The minimum atomic E-state index is 0.376. The van der Waals surface area contributed by atoms with E-state index in [2.05, 4.69) is 32.6 Å². The van der Waals surface area contributed by atoms with Crippen molar-refractivity contribution in [1.82, 2.24) is 4.90 Å². The van der Waals surface area contributed by atoms with Crippen molar-refractivity contribution in [3.8, 4) is 0 Å². The number of nitrogens with two attached hydrogens (primary N) is 1. The molecule has 15 heavy (non-hydrogen) atoms. The predicted octanol–water partition coefficient (Wildman–Crippen LogP) is 2.62. The van der Waals surface area contributed by atoms with E-state index in [1.165, 1.54) is 32.2 Å². The Morgan fingerprint density at radius 1 is 1.20 bits per heavy atom. The van der Waals surface area contributed by atoms with Crippen molar-refractivity contribution in [2.45, 2.75) is 65.0 Å². The molecule has 0 bridgehead atoms. The Morgan fingerprint density at radius 2 is 1.73 bits per heavy atom. The summed E-state index contributed by atoms with van der Waals surface area (Å²) in [5.74, 6) is 0.745. The molecule has 0 aliphatic heterocycles. The Morgan fingerprint density at radius 3 is 2.00 bits per heavy atom. The molecular formula is C13H28N2. The van der Waals surface area contributed by atoms with Gasteiger partial charge in [-0.25, -0.2) is 0 Å². The van der Waals surface area contributed by atoms with Crippen molar-refractivity contribution in [3.63, 3.8) is 0 Å². The molecule has 0 radical (unpaired) electrons. The zero-order valence-electron chi connectivity index (χ0n) is 10.9. The van der Waals surface area contributed by atoms with E-state index in [-0.39, 0.29) is 0 Å². The first-order chi connectivity index (χ1) is 7.09. The van der Waals surface area contributed by atoms with Gasteiger partial charge < -0.3 is 5.73 Å². The van der Waals surface area contributed by atoms with Gasteiger partial charge in [0.1, 0.15) is 0 Å². The van der Waals surface area contributed by atoms with Gasteiger partial charge in [0.05, 0.1) is 0 Å². The topological polar surface area (TPSA) is 29.3 Å². The largest absolute Gasteiger partial charge is 0.329 e. The van der Waals surface area contributed by atoms with E-state index < -0.39 is 0 Å². The molecule has 2 N–H and O–H groups in total. The molecule has 1 aliphatic carbocycles. The number of hydrogen-bond acceptors (Lipinski definition) is 2. The van der Waals surface area contributed by atoms with E-state index in [0.29, 0.717) is 5.54 Å². The normalized spacial score (nSPS) is 19.2. The molecule has 0 amide bonds. The molecule has 0 atom stereocenters. The summed E-state index contributed by atoms with van der Waals surface area (Å²) in [6, 6.07) is 0.735. The molecule has 0 heterocycles. The van der Waals surface area contributed by atoms with E-state index in [1.807, 2.05) is 0 Å². The van der Waals surface area contributed by atoms with Gasteiger partial charge in [0, 0.05) is 24.7 Å². The van der Waals surface area contributed by atoms with Crippen LogP contribution >= 0.6 is 0 Å². The molecule has 2 heteroatoms. The number of rotatable bonds is 7. The summed E-state index contributed by atoms with van der Waals surface area (Å²) < 4.78 is 0. The molecule has 0 aromatic heterocycles. The smallest absolute Gasteiger partial charge is 0.0336 e. The molecule has 0 aromatic rings. The quantitative estimate of drug-likeness (QED) is 0.703. The second-order valence-corrected chi connectivity index (χ2v) is 5.44. The Balaban J connectivity index is 2.68. The molecular weight excluding hydrogens is 184 g/mol. The predicted molar refractivity (Wildman–Crippen MR) is 66.9 cm³/mol. The zero-order valence-corrected chi connectivity index (χ0v) is 10.9. The van der Waals surface area contributed by atoms with Gasteiger partial charge in [0.15, 0.2) is 0 Å². The monoisotopic (exact) mass is 212 g/mol. The third kappa shape index (κ3) is 2.94. The van der Waals surface area contributed by atoms with E-state index in [1.54, 1.807) is 0 Å². The van der Waals surface area contributed by atoms with Crippen LogP contribution in [0, 0.1) is 5.92 Å². The van der Waals surface area contributed by atoms with Crippen LogP contribution in [-0.2, 0) is 0 Å². The van der Waals surface area contributed by atoms with E-state index >= 15 is 0 Å². The summed E-state index contributed by atoms with van der Waals surface area (Å²) in [5.41, 5.74) is 6.33. The van der Waals surface area contributed by atoms with Crippen molar-refractivity contribution >= 4 is 0 Å². The minimum Gasteiger partial charge on any atom is -0.329 e. The van der Waals surface area contributed by atoms with Crippen LogP contribution in [0.2, 0.25) is 0 Å².